The van der Waals surface area contributed by atoms with Gasteiger partial charge in [0, 0.05) is 0 Å². The van der Waals surface area contributed by atoms with Crippen molar-refractivity contribution in [3.63, 3.8) is 0 Å². The fourth-order valence-corrected chi connectivity index (χ4v) is 16.9. The topological polar surface area (TPSA) is 0 Å². The predicted octanol–water partition coefficient (Wildman–Crippen LogP) is 5.73. The summed E-state index contributed by atoms with van der Waals surface area (Å²) in [5, 5.41) is 0. The van der Waals surface area contributed by atoms with Crippen LogP contribution in [0.5, 0.6) is 0 Å². The van der Waals surface area contributed by atoms with E-state index in [2.05, 4.69) is 157 Å². The second-order valence-electron chi connectivity index (χ2n) is 16.3. The molecule has 0 N–H and O–H groups in total. The predicted molar refractivity (Wildman–Crippen MR) is 186 cm³/mol. The molecule has 0 amide bonds. The van der Waals surface area contributed by atoms with Crippen molar-refractivity contribution in [2.45, 2.75) is 111 Å². The molecule has 3 aromatic rings. The number of fused-ring (bicyclic) bond motifs is 3. The number of aryl methyl sites for hydroxylation is 2. The maximum atomic E-state index is 2.68. The van der Waals surface area contributed by atoms with Crippen LogP contribution in [-0.2, 0) is 32.1 Å². The fraction of sp³-hybridized carbons (Fsp3) is 0.452. The normalized spacial score (nSPS) is 16.6. The van der Waals surface area contributed by atoms with Gasteiger partial charge in [-0.15, -0.1) is 0 Å². The van der Waals surface area contributed by atoms with Gasteiger partial charge in [-0.25, -0.2) is 0 Å². The summed E-state index contributed by atoms with van der Waals surface area (Å²) < 4.78 is 3.94. The minimum absolute atomic E-state index is 0. The van der Waals surface area contributed by atoms with Gasteiger partial charge in [0.25, 0.3) is 0 Å². The summed E-state index contributed by atoms with van der Waals surface area (Å²) in [7, 11) is 0. The quantitative estimate of drug-likeness (QED) is 0.323. The number of allylic oxidation sites excluding steroid dienone is 4. The van der Waals surface area contributed by atoms with Gasteiger partial charge in [-0.1, -0.05) is 0 Å². The summed E-state index contributed by atoms with van der Waals surface area (Å²) >= 11 is -2.60. The summed E-state index contributed by atoms with van der Waals surface area (Å²) in [4.78, 5) is 0. The Morgan fingerprint density at radius 2 is 1.16 bits per heavy atom. The molecule has 2 aliphatic rings. The van der Waals surface area contributed by atoms with Crippen molar-refractivity contribution < 1.29 is 46.1 Å². The van der Waals surface area contributed by atoms with Gasteiger partial charge in [0.05, 0.1) is 0 Å². The van der Waals surface area contributed by atoms with Crippen molar-refractivity contribution in [2.24, 2.45) is 11.3 Å². The van der Waals surface area contributed by atoms with Crippen LogP contribution >= 0.6 is 0 Å². The van der Waals surface area contributed by atoms with Crippen molar-refractivity contribution in [1.29, 1.82) is 0 Å². The third-order valence-corrected chi connectivity index (χ3v) is 18.4. The Balaban J connectivity index is 0.00000276. The summed E-state index contributed by atoms with van der Waals surface area (Å²) in [6.07, 6.45) is 6.49. The van der Waals surface area contributed by atoms with E-state index in [1.807, 2.05) is 0 Å². The van der Waals surface area contributed by atoms with Crippen LogP contribution in [0.1, 0.15) is 125 Å². The Hall–Kier alpha value is -1.53. The first kappa shape index (κ1) is 37.9. The second-order valence-corrected chi connectivity index (χ2v) is 23.0. The van der Waals surface area contributed by atoms with Crippen LogP contribution in [0.4, 0.5) is 0 Å². The molecular weight excluding hydrogens is 667 g/mol. The van der Waals surface area contributed by atoms with Crippen molar-refractivity contribution in [1.82, 2.24) is 0 Å². The van der Waals surface area contributed by atoms with Gasteiger partial charge in [0.15, 0.2) is 0 Å². The molecule has 0 aromatic heterocycles. The molecule has 0 fully saturated rings. The van der Waals surface area contributed by atoms with E-state index in [-0.39, 0.29) is 41.1 Å². The van der Waals surface area contributed by atoms with E-state index in [4.69, 9.17) is 0 Å². The molecular formula is C42H54Cl2Zr. The van der Waals surface area contributed by atoms with Crippen molar-refractivity contribution in [3.8, 4) is 11.1 Å². The van der Waals surface area contributed by atoms with E-state index in [1.54, 1.807) is 17.6 Å². The first-order valence-corrected chi connectivity index (χ1v) is 20.3. The maximum Gasteiger partial charge on any atom is -1.00 e. The first-order valence-electron chi connectivity index (χ1n) is 16.4. The van der Waals surface area contributed by atoms with Crippen LogP contribution in [0.2, 0.25) is 0 Å². The van der Waals surface area contributed by atoms with Crippen LogP contribution < -0.4 is 24.8 Å². The van der Waals surface area contributed by atoms with Crippen LogP contribution in [-0.4, -0.2) is 3.21 Å². The van der Waals surface area contributed by atoms with Gasteiger partial charge in [0.2, 0.25) is 0 Å². The molecule has 45 heavy (non-hydrogen) atoms. The molecule has 0 aliphatic heterocycles. The van der Waals surface area contributed by atoms with E-state index >= 15 is 0 Å². The van der Waals surface area contributed by atoms with E-state index < -0.39 is 21.3 Å². The number of rotatable bonds is 4. The summed E-state index contributed by atoms with van der Waals surface area (Å²) in [6.45, 7) is 31.0. The number of halogens is 2. The van der Waals surface area contributed by atoms with E-state index in [1.165, 1.54) is 50.9 Å². The van der Waals surface area contributed by atoms with Crippen LogP contribution in [0, 0.1) is 25.2 Å². The Bertz CT molecular complexity index is 1600. The van der Waals surface area contributed by atoms with Crippen LogP contribution in [0.3, 0.4) is 0 Å². The average Bonchev–Trinajstić information content (AvgIpc) is 3.47. The minimum atomic E-state index is -2.60. The van der Waals surface area contributed by atoms with Gasteiger partial charge in [-0.05, 0) is 0 Å². The zero-order valence-electron chi connectivity index (χ0n) is 30.0. The standard InChI is InChI=1S/C23H29.C11H17.C8H8.2ClH.Zr/c1-14-9-16-11-17-10-15(2)21(23(6,7)8)13-19(17)18(16)12-20(14)22(3,4)5;1-5-9-6-7-10(8-9)11(2,3)4;1-2-8-6-4-3-5-7-8;;;/h9-13H,1-8H3;7-9H,5H2,1-4H3;3-7H,1H3;2*1H;/q;;;;;+2/p-2. The number of benzene rings is 3. The molecule has 0 saturated heterocycles. The molecule has 2 aliphatic carbocycles. The summed E-state index contributed by atoms with van der Waals surface area (Å²) in [6, 6.07) is 21.7. The monoisotopic (exact) mass is 718 g/mol. The van der Waals surface area contributed by atoms with E-state index in [9.17, 15) is 0 Å². The molecule has 0 radical (unpaired) electrons. The molecule has 0 spiro atoms. The Morgan fingerprint density at radius 3 is 1.56 bits per heavy atom. The number of hydrogen-bond acceptors (Lipinski definition) is 0. The molecule has 0 heterocycles. The van der Waals surface area contributed by atoms with Crippen LogP contribution in [0.15, 0.2) is 75.6 Å². The van der Waals surface area contributed by atoms with E-state index in [0.717, 1.165) is 0 Å². The SMILES string of the molecule is CCC1C=C(C(C)(C)C)C=[C]1/[Zr+2](=[C](/C)c1ccccc1)[CH]1c2cc(C)c(C(C)(C)C)cc2-c2cc(C(C)(C)C)c(C)cc21.[Cl-].[Cl-]. The van der Waals surface area contributed by atoms with Gasteiger partial charge in [0.1, 0.15) is 0 Å². The van der Waals surface area contributed by atoms with E-state index in [0.29, 0.717) is 9.54 Å². The van der Waals surface area contributed by atoms with Gasteiger partial charge >= 0.3 is 272 Å². The molecule has 240 valence electrons. The molecule has 0 nitrogen and oxygen atoms in total. The Kier molecular flexibility index (Phi) is 11.4. The Morgan fingerprint density at radius 1 is 0.689 bits per heavy atom. The van der Waals surface area contributed by atoms with Crippen LogP contribution in [0.25, 0.3) is 11.1 Å². The van der Waals surface area contributed by atoms with Crippen molar-refractivity contribution in [2.75, 3.05) is 0 Å². The average molecular weight is 721 g/mol. The number of hydrogen-bond donors (Lipinski definition) is 0. The summed E-state index contributed by atoms with van der Waals surface area (Å²) in [5.41, 5.74) is 15.4. The van der Waals surface area contributed by atoms with Crippen molar-refractivity contribution >= 4 is 3.21 Å². The Labute approximate surface area is 295 Å². The molecule has 3 heteroatoms. The second kappa shape index (κ2) is 13.5. The zero-order valence-corrected chi connectivity index (χ0v) is 33.9. The molecule has 3 aromatic carbocycles. The third-order valence-electron chi connectivity index (χ3n) is 9.93. The maximum absolute atomic E-state index is 2.68. The van der Waals surface area contributed by atoms with Gasteiger partial charge < -0.3 is 24.8 Å². The molecule has 0 saturated carbocycles. The molecule has 1 unspecified atom stereocenters. The molecule has 1 atom stereocenters. The third kappa shape index (κ3) is 7.17. The largest absolute Gasteiger partial charge is 1.00 e. The fourth-order valence-electron chi connectivity index (χ4n) is 7.65. The van der Waals surface area contributed by atoms with Crippen molar-refractivity contribution in [3.05, 3.63) is 115 Å². The van der Waals surface area contributed by atoms with Gasteiger partial charge in [-0.3, -0.25) is 0 Å². The van der Waals surface area contributed by atoms with Gasteiger partial charge in [-0.2, -0.15) is 0 Å². The molecule has 0 bridgehead atoms. The smallest absolute Gasteiger partial charge is 1.00 e. The minimum Gasteiger partial charge on any atom is -1.00 e. The first-order chi connectivity index (χ1) is 19.9. The molecule has 5 rings (SSSR count). The zero-order chi connectivity index (χ0) is 31.6. The summed E-state index contributed by atoms with van der Waals surface area (Å²) in [5.74, 6) is 0.541.